The van der Waals surface area contributed by atoms with Crippen LogP contribution in [-0.4, -0.2) is 21.5 Å². The highest BCUT2D eigenvalue weighted by Gasteiger charge is 2.32. The first-order valence-corrected chi connectivity index (χ1v) is 7.43. The van der Waals surface area contributed by atoms with E-state index in [2.05, 4.69) is 23.1 Å². The molecular weight excluding hydrogens is 300 g/mol. The highest BCUT2D eigenvalue weighted by molar-refractivity contribution is 6.27. The molecule has 0 radical (unpaired) electrons. The van der Waals surface area contributed by atoms with Gasteiger partial charge < -0.3 is 0 Å². The molecule has 3 aromatic rings. The van der Waals surface area contributed by atoms with Crippen LogP contribution < -0.4 is 0 Å². The Bertz CT molecular complexity index is 995. The molecule has 0 fully saturated rings. The molecule has 24 heavy (non-hydrogen) atoms. The van der Waals surface area contributed by atoms with Crippen molar-refractivity contribution in [2.24, 2.45) is 0 Å². The Kier molecular flexibility index (Phi) is 3.00. The van der Waals surface area contributed by atoms with Crippen molar-refractivity contribution in [1.82, 2.24) is 9.97 Å². The number of rotatable bonds is 2. The summed E-state index contributed by atoms with van der Waals surface area (Å²) in [6.07, 6.45) is 3.30. The van der Waals surface area contributed by atoms with Gasteiger partial charge in [-0.3, -0.25) is 9.59 Å². The summed E-state index contributed by atoms with van der Waals surface area (Å²) in [4.78, 5) is 34.4. The number of benzene rings is 2. The first-order valence-electron chi connectivity index (χ1n) is 7.43. The third-order valence-electron chi connectivity index (χ3n) is 4.17. The van der Waals surface area contributed by atoms with Gasteiger partial charge in [0.25, 0.3) is 0 Å². The van der Waals surface area contributed by atoms with Gasteiger partial charge in [-0.15, -0.1) is 0 Å². The van der Waals surface area contributed by atoms with Crippen LogP contribution in [0.5, 0.6) is 0 Å². The standard InChI is InChI=1S/C20H12N2O2/c1-3-11-9-10-12(4-2)16-15(11)21-17-18(22-16)20(24)14-8-6-5-7-13(14)19(17)23/h3-10H,1-2H2. The number of carbonyl (C=O) groups is 2. The van der Waals surface area contributed by atoms with Gasteiger partial charge in [0, 0.05) is 22.3 Å². The summed E-state index contributed by atoms with van der Waals surface area (Å²) in [5.41, 5.74) is 3.51. The van der Waals surface area contributed by atoms with Crippen molar-refractivity contribution < 1.29 is 9.59 Å². The summed E-state index contributed by atoms with van der Waals surface area (Å²) in [6, 6.07) is 10.4. The van der Waals surface area contributed by atoms with E-state index in [1.165, 1.54) is 0 Å². The Balaban J connectivity index is 2.12. The quantitative estimate of drug-likeness (QED) is 0.566. The van der Waals surface area contributed by atoms with E-state index < -0.39 is 0 Å². The van der Waals surface area contributed by atoms with E-state index in [-0.39, 0.29) is 23.0 Å². The highest BCUT2D eigenvalue weighted by Crippen LogP contribution is 2.29. The number of hydrogen-bond acceptors (Lipinski definition) is 4. The van der Waals surface area contributed by atoms with E-state index in [1.54, 1.807) is 36.4 Å². The minimum atomic E-state index is -0.284. The molecule has 0 atom stereocenters. The second kappa shape index (κ2) is 5.06. The van der Waals surface area contributed by atoms with Gasteiger partial charge in [0.05, 0.1) is 11.0 Å². The minimum Gasteiger partial charge on any atom is -0.287 e. The van der Waals surface area contributed by atoms with Crippen molar-refractivity contribution in [3.05, 3.63) is 83.2 Å². The lowest BCUT2D eigenvalue weighted by Gasteiger charge is -2.17. The average molecular weight is 312 g/mol. The molecule has 4 heteroatoms. The molecule has 1 aromatic heterocycles. The number of nitrogens with zero attached hydrogens (tertiary/aromatic N) is 2. The van der Waals surface area contributed by atoms with Crippen molar-refractivity contribution in [2.75, 3.05) is 0 Å². The van der Waals surface area contributed by atoms with Gasteiger partial charge in [0.1, 0.15) is 11.4 Å². The number of ketones is 2. The molecule has 2 aromatic carbocycles. The van der Waals surface area contributed by atoms with Crippen molar-refractivity contribution in [3.63, 3.8) is 0 Å². The Hall–Kier alpha value is -3.40. The van der Waals surface area contributed by atoms with E-state index in [1.807, 2.05) is 12.1 Å². The predicted molar refractivity (Wildman–Crippen MR) is 93.0 cm³/mol. The molecule has 4 nitrogen and oxygen atoms in total. The lowest BCUT2D eigenvalue weighted by Crippen LogP contribution is -2.24. The number of hydrogen-bond donors (Lipinski definition) is 0. The summed E-state index contributed by atoms with van der Waals surface area (Å²) < 4.78 is 0. The molecule has 4 rings (SSSR count). The van der Waals surface area contributed by atoms with Crippen molar-refractivity contribution in [3.8, 4) is 0 Å². The molecule has 0 bridgehead atoms. The number of aromatic nitrogens is 2. The topological polar surface area (TPSA) is 59.9 Å². The third kappa shape index (κ3) is 1.80. The summed E-state index contributed by atoms with van der Waals surface area (Å²) in [5, 5.41) is 0. The first kappa shape index (κ1) is 14.2. The first-order chi connectivity index (χ1) is 11.7. The van der Waals surface area contributed by atoms with Gasteiger partial charge >= 0.3 is 0 Å². The maximum absolute atomic E-state index is 12.8. The van der Waals surface area contributed by atoms with Gasteiger partial charge in [-0.2, -0.15) is 0 Å². The molecule has 0 saturated heterocycles. The van der Waals surface area contributed by atoms with Gasteiger partial charge in [0.2, 0.25) is 11.6 Å². The maximum Gasteiger partial charge on any atom is 0.214 e. The second-order valence-corrected chi connectivity index (χ2v) is 5.47. The minimum absolute atomic E-state index is 0.0931. The molecule has 1 heterocycles. The summed E-state index contributed by atoms with van der Waals surface area (Å²) in [5.74, 6) is -0.567. The largest absolute Gasteiger partial charge is 0.287 e. The van der Waals surface area contributed by atoms with Crippen LogP contribution in [0.25, 0.3) is 23.2 Å². The van der Waals surface area contributed by atoms with Crippen molar-refractivity contribution in [1.29, 1.82) is 0 Å². The van der Waals surface area contributed by atoms with Crippen molar-refractivity contribution in [2.45, 2.75) is 0 Å². The zero-order chi connectivity index (χ0) is 16.8. The number of carbonyl (C=O) groups excluding carboxylic acids is 2. The molecule has 1 aliphatic rings. The van der Waals surface area contributed by atoms with Crippen LogP contribution in [-0.2, 0) is 0 Å². The van der Waals surface area contributed by atoms with Crippen LogP contribution in [0.2, 0.25) is 0 Å². The monoisotopic (exact) mass is 312 g/mol. The van der Waals surface area contributed by atoms with Gasteiger partial charge in [-0.05, 0) is 0 Å². The van der Waals surface area contributed by atoms with E-state index in [0.717, 1.165) is 11.1 Å². The summed E-state index contributed by atoms with van der Waals surface area (Å²) >= 11 is 0. The Morgan fingerprint density at radius 2 is 1.12 bits per heavy atom. The normalized spacial score (nSPS) is 12.7. The highest BCUT2D eigenvalue weighted by atomic mass is 16.1. The lowest BCUT2D eigenvalue weighted by atomic mass is 9.89. The van der Waals surface area contributed by atoms with E-state index in [0.29, 0.717) is 22.2 Å². The molecule has 0 spiro atoms. The molecule has 1 aliphatic carbocycles. The van der Waals surface area contributed by atoms with E-state index in [4.69, 9.17) is 0 Å². The molecule has 0 saturated carbocycles. The predicted octanol–water partition coefficient (Wildman–Crippen LogP) is 3.69. The zero-order valence-corrected chi connectivity index (χ0v) is 12.7. The summed E-state index contributed by atoms with van der Waals surface area (Å²) in [6.45, 7) is 7.55. The van der Waals surface area contributed by atoms with Gasteiger partial charge in [-0.1, -0.05) is 61.7 Å². The lowest BCUT2D eigenvalue weighted by molar-refractivity contribution is 0.0972. The Morgan fingerprint density at radius 3 is 1.50 bits per heavy atom. The van der Waals surface area contributed by atoms with Crippen molar-refractivity contribution >= 4 is 34.8 Å². The van der Waals surface area contributed by atoms with Crippen LogP contribution in [0.4, 0.5) is 0 Å². The third-order valence-corrected chi connectivity index (χ3v) is 4.17. The fourth-order valence-corrected chi connectivity index (χ4v) is 2.96. The van der Waals surface area contributed by atoms with Crippen LogP contribution in [0, 0.1) is 0 Å². The van der Waals surface area contributed by atoms with Gasteiger partial charge in [0.15, 0.2) is 0 Å². The van der Waals surface area contributed by atoms with Crippen LogP contribution >= 0.6 is 0 Å². The zero-order valence-electron chi connectivity index (χ0n) is 12.7. The van der Waals surface area contributed by atoms with E-state index in [9.17, 15) is 9.59 Å². The fourth-order valence-electron chi connectivity index (χ4n) is 2.96. The molecule has 0 aliphatic heterocycles. The van der Waals surface area contributed by atoms with Crippen LogP contribution in [0.15, 0.2) is 49.6 Å². The molecule has 0 amide bonds. The fraction of sp³-hybridized carbons (Fsp3) is 0. The second-order valence-electron chi connectivity index (χ2n) is 5.47. The molecule has 114 valence electrons. The van der Waals surface area contributed by atoms with Crippen LogP contribution in [0.1, 0.15) is 43.2 Å². The van der Waals surface area contributed by atoms with Gasteiger partial charge in [-0.25, -0.2) is 9.97 Å². The Labute approximate surface area is 138 Å². The molecule has 0 unspecified atom stereocenters. The smallest absolute Gasteiger partial charge is 0.214 e. The number of fused-ring (bicyclic) bond motifs is 3. The molecular formula is C20H12N2O2. The summed E-state index contributed by atoms with van der Waals surface area (Å²) in [7, 11) is 0. The van der Waals surface area contributed by atoms with E-state index >= 15 is 0 Å². The average Bonchev–Trinajstić information content (AvgIpc) is 2.64. The molecule has 0 N–H and O–H groups in total. The van der Waals surface area contributed by atoms with Crippen LogP contribution in [0.3, 0.4) is 0 Å². The Morgan fingerprint density at radius 1 is 0.708 bits per heavy atom. The maximum atomic E-state index is 12.8. The SMILES string of the molecule is C=Cc1ccc(C=C)c2nc3c(nc12)C(=O)c1ccccc1C3=O.